The SMILES string of the molecule is [CH2+]C1OC(COC(C)=[O+]C)C(O)C1C. The first kappa shape index (κ1) is 11.3. The van der Waals surface area contributed by atoms with Gasteiger partial charge in [0.15, 0.2) is 13.2 Å². The van der Waals surface area contributed by atoms with Crippen LogP contribution in [0.2, 0.25) is 0 Å². The van der Waals surface area contributed by atoms with Gasteiger partial charge in [-0.1, -0.05) is 6.92 Å². The minimum absolute atomic E-state index is 0.0476. The summed E-state index contributed by atoms with van der Waals surface area (Å²) in [6, 6.07) is 0. The Kier molecular flexibility index (Phi) is 3.77. The fraction of sp³-hybridized carbons (Fsp3) is 0.800. The third-order valence-electron chi connectivity index (χ3n) is 2.59. The smallest absolute Gasteiger partial charge is 0.390 e. The number of carbonyl (C=O) groups excluding carboxylic acids is 1. The van der Waals surface area contributed by atoms with E-state index in [1.807, 2.05) is 6.92 Å². The zero-order valence-electron chi connectivity index (χ0n) is 8.90. The van der Waals surface area contributed by atoms with Gasteiger partial charge in [0.1, 0.15) is 6.10 Å². The molecule has 0 spiro atoms. The van der Waals surface area contributed by atoms with Crippen molar-refractivity contribution >= 4 is 5.97 Å². The number of aliphatic hydroxyl groups is 1. The van der Waals surface area contributed by atoms with Crippen LogP contribution >= 0.6 is 0 Å². The van der Waals surface area contributed by atoms with Crippen molar-refractivity contribution in [3.05, 3.63) is 6.92 Å². The summed E-state index contributed by atoms with van der Waals surface area (Å²) >= 11 is 0. The van der Waals surface area contributed by atoms with E-state index in [2.05, 4.69) is 6.92 Å². The lowest BCUT2D eigenvalue weighted by Crippen LogP contribution is -2.30. The highest BCUT2D eigenvalue weighted by atomic mass is 16.6. The lowest BCUT2D eigenvalue weighted by molar-refractivity contribution is -0.432. The number of hydrogen-bond acceptors (Lipinski definition) is 3. The second-order valence-electron chi connectivity index (χ2n) is 3.57. The molecule has 14 heavy (non-hydrogen) atoms. The maximum absolute atomic E-state index is 9.72. The molecule has 4 unspecified atom stereocenters. The summed E-state index contributed by atoms with van der Waals surface area (Å²) in [5, 5.41) is 9.72. The summed E-state index contributed by atoms with van der Waals surface area (Å²) in [7, 11) is 1.54. The van der Waals surface area contributed by atoms with E-state index in [1.54, 1.807) is 6.92 Å². The number of ether oxygens (including phenoxy) is 2. The van der Waals surface area contributed by atoms with Crippen LogP contribution in [-0.4, -0.2) is 43.1 Å². The van der Waals surface area contributed by atoms with Gasteiger partial charge >= 0.3 is 5.97 Å². The van der Waals surface area contributed by atoms with E-state index in [4.69, 9.17) is 13.9 Å². The molecule has 0 bridgehead atoms. The molecule has 0 radical (unpaired) electrons. The molecule has 1 N–H and O–H groups in total. The van der Waals surface area contributed by atoms with Crippen LogP contribution in [0.5, 0.6) is 0 Å². The molecule has 1 heterocycles. The monoisotopic (exact) mass is 202 g/mol. The van der Waals surface area contributed by atoms with Crippen molar-refractivity contribution in [3.63, 3.8) is 0 Å². The molecule has 4 atom stereocenters. The number of hydrogen-bond donors (Lipinski definition) is 1. The average molecular weight is 202 g/mol. The van der Waals surface area contributed by atoms with Gasteiger partial charge in [-0.05, 0) is 0 Å². The molecule has 80 valence electrons. The molecule has 0 aliphatic carbocycles. The summed E-state index contributed by atoms with van der Waals surface area (Å²) in [5.41, 5.74) is 0. The molecule has 0 aromatic heterocycles. The summed E-state index contributed by atoms with van der Waals surface area (Å²) in [6.45, 7) is 7.72. The topological polar surface area (TPSA) is 50.0 Å². The van der Waals surface area contributed by atoms with E-state index in [0.29, 0.717) is 12.6 Å². The van der Waals surface area contributed by atoms with E-state index in [-0.39, 0.29) is 18.1 Å². The number of aliphatic hydroxyl groups excluding tert-OH is 1. The second-order valence-corrected chi connectivity index (χ2v) is 3.57. The molecule has 1 aliphatic rings. The molecule has 1 saturated heterocycles. The van der Waals surface area contributed by atoms with Crippen LogP contribution in [0.1, 0.15) is 13.8 Å². The Morgan fingerprint density at radius 1 is 1.64 bits per heavy atom. The molecule has 1 rings (SSSR count). The Balaban J connectivity index is 2.40. The van der Waals surface area contributed by atoms with Crippen molar-refractivity contribution in [2.24, 2.45) is 5.92 Å². The first-order chi connectivity index (χ1) is 6.56. The van der Waals surface area contributed by atoms with Crippen LogP contribution in [0.3, 0.4) is 0 Å². The minimum atomic E-state index is -0.512. The Morgan fingerprint density at radius 2 is 2.29 bits per heavy atom. The molecule has 4 nitrogen and oxygen atoms in total. The zero-order chi connectivity index (χ0) is 10.7. The van der Waals surface area contributed by atoms with E-state index in [0.717, 1.165) is 0 Å². The van der Waals surface area contributed by atoms with Gasteiger partial charge in [0, 0.05) is 0 Å². The lowest BCUT2D eigenvalue weighted by Gasteiger charge is -2.09. The molecule has 1 aliphatic heterocycles. The fourth-order valence-corrected chi connectivity index (χ4v) is 1.38. The fourth-order valence-electron chi connectivity index (χ4n) is 1.38. The first-order valence-corrected chi connectivity index (χ1v) is 4.73. The number of rotatable bonds is 2. The molecular weight excluding hydrogens is 184 g/mol. The summed E-state index contributed by atoms with van der Waals surface area (Å²) in [4.78, 5) is 0. The van der Waals surface area contributed by atoms with Crippen LogP contribution < -0.4 is 0 Å². The highest BCUT2D eigenvalue weighted by molar-refractivity contribution is 5.66. The van der Waals surface area contributed by atoms with Crippen LogP contribution in [0.4, 0.5) is 0 Å². The van der Waals surface area contributed by atoms with Crippen LogP contribution in [0.15, 0.2) is 0 Å². The molecular formula is C10H18O4+2. The predicted molar refractivity (Wildman–Crippen MR) is 51.7 cm³/mol. The standard InChI is InChI=1S/C10H18O4/c1-6-7(2)14-9(10(6)11)5-13-8(3)12-4/h6-7,9-11H,2,5H2,1,3-4H3/q+2. The molecule has 4 heteroatoms. The van der Waals surface area contributed by atoms with Gasteiger partial charge in [0.2, 0.25) is 6.61 Å². The van der Waals surface area contributed by atoms with Crippen molar-refractivity contribution in [1.82, 2.24) is 0 Å². The predicted octanol–water partition coefficient (Wildman–Crippen LogP) is 0.313. The molecule has 0 amide bonds. The second kappa shape index (κ2) is 4.66. The van der Waals surface area contributed by atoms with Crippen LogP contribution in [0, 0.1) is 12.8 Å². The van der Waals surface area contributed by atoms with Crippen LogP contribution in [-0.2, 0) is 13.9 Å². The zero-order valence-corrected chi connectivity index (χ0v) is 8.90. The van der Waals surface area contributed by atoms with Crippen molar-refractivity contribution in [3.8, 4) is 0 Å². The highest BCUT2D eigenvalue weighted by Gasteiger charge is 2.44. The third kappa shape index (κ3) is 2.39. The van der Waals surface area contributed by atoms with Gasteiger partial charge in [0.05, 0.1) is 25.9 Å². The molecule has 1 fully saturated rings. The molecule has 0 aromatic rings. The quantitative estimate of drug-likeness (QED) is 0.398. The average Bonchev–Trinajstić information content (AvgIpc) is 2.42. The largest absolute Gasteiger partial charge is 0.481 e. The van der Waals surface area contributed by atoms with Gasteiger partial charge in [-0.2, -0.15) is 0 Å². The third-order valence-corrected chi connectivity index (χ3v) is 2.59. The van der Waals surface area contributed by atoms with Gasteiger partial charge < -0.3 is 19.0 Å². The lowest BCUT2D eigenvalue weighted by atomic mass is 10.00. The summed E-state index contributed by atoms with van der Waals surface area (Å²) < 4.78 is 15.5. The first-order valence-electron chi connectivity index (χ1n) is 4.73. The van der Waals surface area contributed by atoms with Crippen molar-refractivity contribution in [2.45, 2.75) is 32.2 Å². The normalized spacial score (nSPS) is 38.7. The Labute approximate surface area is 84.5 Å². The minimum Gasteiger partial charge on any atom is -0.390 e. The van der Waals surface area contributed by atoms with E-state index < -0.39 is 6.10 Å². The molecule has 0 saturated carbocycles. The van der Waals surface area contributed by atoms with Gasteiger partial charge in [-0.3, -0.25) is 0 Å². The Bertz CT molecular complexity index is 214. The van der Waals surface area contributed by atoms with Crippen molar-refractivity contribution in [1.29, 1.82) is 0 Å². The number of esters is 1. The summed E-state index contributed by atoms with van der Waals surface area (Å²) in [6.07, 6.45) is -0.985. The highest BCUT2D eigenvalue weighted by Crippen LogP contribution is 2.26. The van der Waals surface area contributed by atoms with Crippen molar-refractivity contribution in [2.75, 3.05) is 13.7 Å². The molecule has 0 aromatic carbocycles. The van der Waals surface area contributed by atoms with E-state index >= 15 is 0 Å². The summed E-state index contributed by atoms with van der Waals surface area (Å²) in [5.74, 6) is 0.521. The van der Waals surface area contributed by atoms with Gasteiger partial charge in [-0.15, -0.1) is 0 Å². The van der Waals surface area contributed by atoms with Gasteiger partial charge in [-0.25, -0.2) is 0 Å². The van der Waals surface area contributed by atoms with Crippen molar-refractivity contribution < 1.29 is 19.0 Å². The Hall–Kier alpha value is -0.740. The maximum atomic E-state index is 9.72. The van der Waals surface area contributed by atoms with E-state index in [1.165, 1.54) is 7.11 Å². The Morgan fingerprint density at radius 3 is 2.71 bits per heavy atom. The van der Waals surface area contributed by atoms with E-state index in [9.17, 15) is 5.11 Å². The van der Waals surface area contributed by atoms with Crippen LogP contribution in [0.25, 0.3) is 0 Å². The van der Waals surface area contributed by atoms with Gasteiger partial charge in [0.25, 0.3) is 0 Å². The maximum Gasteiger partial charge on any atom is 0.481 e.